The summed E-state index contributed by atoms with van der Waals surface area (Å²) in [6.45, 7) is 0. The van der Waals surface area contributed by atoms with Gasteiger partial charge in [-0.05, 0) is 140 Å². The predicted octanol–water partition coefficient (Wildman–Crippen LogP) is 16.9. The first-order chi connectivity index (χ1) is 35.7. The molecule has 0 aliphatic rings. The van der Waals surface area contributed by atoms with Gasteiger partial charge in [-0.15, -0.1) is 12.4 Å². The van der Waals surface area contributed by atoms with Crippen LogP contribution in [-0.4, -0.2) is 29.9 Å². The van der Waals surface area contributed by atoms with Gasteiger partial charge in [0.15, 0.2) is 0 Å². The molecule has 0 aliphatic carbocycles. The van der Waals surface area contributed by atoms with Crippen molar-refractivity contribution in [3.63, 3.8) is 0 Å². The zero-order valence-corrected chi connectivity index (χ0v) is 40.6. The molecule has 0 fully saturated rings. The van der Waals surface area contributed by atoms with E-state index in [0.717, 1.165) is 67.5 Å². The van der Waals surface area contributed by atoms with E-state index < -0.39 is 0 Å². The molecular formula is C66H49ClN6. The Hall–Kier alpha value is -9.49. The minimum Gasteiger partial charge on any atom is -0.255 e. The smallest absolute Gasteiger partial charge is 0.0892 e. The zero-order chi connectivity index (χ0) is 48.6. The lowest BCUT2D eigenvalue weighted by Crippen LogP contribution is -1.89. The summed E-state index contributed by atoms with van der Waals surface area (Å²) in [5.41, 5.74) is 19.3. The third kappa shape index (κ3) is 12.7. The molecule has 0 saturated heterocycles. The van der Waals surface area contributed by atoms with Crippen molar-refractivity contribution in [2.75, 3.05) is 0 Å². The van der Waals surface area contributed by atoms with Gasteiger partial charge >= 0.3 is 0 Å². The minimum absolute atomic E-state index is 0. The second kappa shape index (κ2) is 24.4. The van der Waals surface area contributed by atoms with Gasteiger partial charge in [-0.25, -0.2) is 0 Å². The number of rotatable bonds is 9. The van der Waals surface area contributed by atoms with E-state index in [2.05, 4.69) is 139 Å². The molecule has 0 aliphatic heterocycles. The topological polar surface area (TPSA) is 77.3 Å². The first-order valence-corrected chi connectivity index (χ1v) is 23.8. The summed E-state index contributed by atoms with van der Waals surface area (Å²) in [7, 11) is 0. The molecule has 0 unspecified atom stereocenters. The van der Waals surface area contributed by atoms with Crippen LogP contribution in [0.5, 0.6) is 0 Å². The van der Waals surface area contributed by atoms with Crippen LogP contribution in [0.2, 0.25) is 0 Å². The van der Waals surface area contributed by atoms with E-state index >= 15 is 0 Å². The van der Waals surface area contributed by atoms with Gasteiger partial charge in [0, 0.05) is 37.2 Å². The van der Waals surface area contributed by atoms with E-state index in [1.807, 2.05) is 183 Å². The second-order valence-electron chi connectivity index (χ2n) is 16.8. The molecule has 6 aromatic heterocycles. The molecule has 12 aromatic rings. The maximum atomic E-state index is 4.51. The van der Waals surface area contributed by atoms with Crippen LogP contribution in [-0.2, 0) is 0 Å². The average Bonchev–Trinajstić information content (AvgIpc) is 3.49. The molecule has 0 bridgehead atoms. The monoisotopic (exact) mass is 960 g/mol. The molecule has 0 N–H and O–H groups in total. The highest BCUT2D eigenvalue weighted by Crippen LogP contribution is 2.30. The highest BCUT2D eigenvalue weighted by atomic mass is 35.5. The Labute approximate surface area is 433 Å². The van der Waals surface area contributed by atoms with Crippen LogP contribution in [0.4, 0.5) is 0 Å². The van der Waals surface area contributed by atoms with Crippen LogP contribution in [0.25, 0.3) is 101 Å². The number of aromatic nitrogens is 6. The van der Waals surface area contributed by atoms with Crippen LogP contribution in [0.1, 0.15) is 0 Å². The van der Waals surface area contributed by atoms with E-state index in [1.54, 1.807) is 0 Å². The number of hydrogen-bond donors (Lipinski definition) is 0. The van der Waals surface area contributed by atoms with Gasteiger partial charge in [0.2, 0.25) is 0 Å². The summed E-state index contributed by atoms with van der Waals surface area (Å²) in [5.74, 6) is 0. The highest BCUT2D eigenvalue weighted by Gasteiger charge is 2.09. The van der Waals surface area contributed by atoms with Crippen molar-refractivity contribution in [2.45, 2.75) is 0 Å². The molecule has 0 amide bonds. The van der Waals surface area contributed by atoms with Crippen molar-refractivity contribution >= 4 is 12.4 Å². The second-order valence-corrected chi connectivity index (χ2v) is 16.8. The predicted molar refractivity (Wildman–Crippen MR) is 302 cm³/mol. The molecule has 12 rings (SSSR count). The Morgan fingerprint density at radius 3 is 0.425 bits per heavy atom. The van der Waals surface area contributed by atoms with Crippen molar-refractivity contribution in [2.24, 2.45) is 0 Å². The summed E-state index contributed by atoms with van der Waals surface area (Å²) in [6, 6.07) is 86.6. The Morgan fingerprint density at radius 2 is 0.288 bits per heavy atom. The summed E-state index contributed by atoms with van der Waals surface area (Å²) in [4.78, 5) is 27.0. The van der Waals surface area contributed by atoms with E-state index in [9.17, 15) is 0 Å². The van der Waals surface area contributed by atoms with Gasteiger partial charge in [0.1, 0.15) is 0 Å². The lowest BCUT2D eigenvalue weighted by Gasteiger charge is -2.07. The number of benzene rings is 6. The zero-order valence-electron chi connectivity index (χ0n) is 39.8. The van der Waals surface area contributed by atoms with Crippen LogP contribution in [0.15, 0.2) is 292 Å². The van der Waals surface area contributed by atoms with Crippen LogP contribution < -0.4 is 0 Å². The molecule has 350 valence electrons. The Bertz CT molecular complexity index is 2990. The SMILES string of the molecule is Cl.c1ccc(-c2ccnc(-c3cc(-c4ccccc4)ccn3)c2)cc1.c1ccc(-c2ccnc(-c3cc(-c4ccccc4)ccn3)c2)cc1.c1ccc(-c2ccnc(-c3cc(-c4ccccc4)ccn3)c2)cc1. The molecule has 6 aromatic carbocycles. The van der Waals surface area contributed by atoms with E-state index in [1.165, 1.54) is 33.4 Å². The summed E-state index contributed by atoms with van der Waals surface area (Å²) < 4.78 is 0. The van der Waals surface area contributed by atoms with Crippen LogP contribution in [0.3, 0.4) is 0 Å². The Morgan fingerprint density at radius 1 is 0.151 bits per heavy atom. The molecule has 0 atom stereocenters. The molecule has 73 heavy (non-hydrogen) atoms. The van der Waals surface area contributed by atoms with Crippen molar-refractivity contribution in [1.29, 1.82) is 0 Å². The number of nitrogens with zero attached hydrogens (tertiary/aromatic N) is 6. The number of halogens is 1. The average molecular weight is 962 g/mol. The van der Waals surface area contributed by atoms with Crippen molar-refractivity contribution in [3.8, 4) is 101 Å². The van der Waals surface area contributed by atoms with Gasteiger partial charge in [0.05, 0.1) is 34.2 Å². The van der Waals surface area contributed by atoms with Gasteiger partial charge in [-0.1, -0.05) is 182 Å². The standard InChI is InChI=1S/3C22H16N2.ClH/c3*1-3-7-17(8-4-1)19-11-13-23-21(15-19)22-16-20(12-14-24-22)18-9-5-2-6-10-18;/h3*1-16H;1H. The largest absolute Gasteiger partial charge is 0.255 e. The lowest BCUT2D eigenvalue weighted by molar-refractivity contribution is 1.25. The van der Waals surface area contributed by atoms with Gasteiger partial charge < -0.3 is 0 Å². The van der Waals surface area contributed by atoms with E-state index in [4.69, 9.17) is 0 Å². The molecule has 6 nitrogen and oxygen atoms in total. The molecule has 0 radical (unpaired) electrons. The normalized spacial score (nSPS) is 10.4. The maximum absolute atomic E-state index is 4.51. The third-order valence-corrected chi connectivity index (χ3v) is 12.0. The van der Waals surface area contributed by atoms with Gasteiger partial charge in [-0.3, -0.25) is 29.9 Å². The maximum Gasteiger partial charge on any atom is 0.0892 e. The van der Waals surface area contributed by atoms with Crippen LogP contribution in [0, 0.1) is 0 Å². The lowest BCUT2D eigenvalue weighted by atomic mass is 10.0. The van der Waals surface area contributed by atoms with E-state index in [0.29, 0.717) is 0 Å². The summed E-state index contributed by atoms with van der Waals surface area (Å²) >= 11 is 0. The number of hydrogen-bond acceptors (Lipinski definition) is 6. The highest BCUT2D eigenvalue weighted by molar-refractivity contribution is 5.85. The molecule has 6 heterocycles. The molecular weight excluding hydrogens is 912 g/mol. The molecule has 7 heteroatoms. The Balaban J connectivity index is 0.000000134. The van der Waals surface area contributed by atoms with Gasteiger partial charge in [0.25, 0.3) is 0 Å². The summed E-state index contributed by atoms with van der Waals surface area (Å²) in [6.07, 6.45) is 11.1. The fourth-order valence-electron chi connectivity index (χ4n) is 8.28. The molecule has 0 spiro atoms. The van der Waals surface area contributed by atoms with Crippen molar-refractivity contribution < 1.29 is 0 Å². The summed E-state index contributed by atoms with van der Waals surface area (Å²) in [5, 5.41) is 0. The first kappa shape index (κ1) is 48.5. The fourth-order valence-corrected chi connectivity index (χ4v) is 8.28. The third-order valence-electron chi connectivity index (χ3n) is 12.0. The molecule has 0 saturated carbocycles. The minimum atomic E-state index is 0. The quantitative estimate of drug-likeness (QED) is 0.143. The van der Waals surface area contributed by atoms with Crippen molar-refractivity contribution in [1.82, 2.24) is 29.9 Å². The van der Waals surface area contributed by atoms with Gasteiger partial charge in [-0.2, -0.15) is 0 Å². The van der Waals surface area contributed by atoms with Crippen molar-refractivity contribution in [3.05, 3.63) is 292 Å². The number of pyridine rings is 6. The van der Waals surface area contributed by atoms with E-state index in [-0.39, 0.29) is 12.4 Å². The Kier molecular flexibility index (Phi) is 16.2. The van der Waals surface area contributed by atoms with Crippen LogP contribution >= 0.6 is 12.4 Å². The first-order valence-electron chi connectivity index (χ1n) is 23.8. The fraction of sp³-hybridized carbons (Fsp3) is 0.